The zero-order valence-corrected chi connectivity index (χ0v) is 73.8. The van der Waals surface area contributed by atoms with Gasteiger partial charge in [0.15, 0.2) is 0 Å². The lowest BCUT2D eigenvalue weighted by molar-refractivity contribution is 0.833. The van der Waals surface area contributed by atoms with Crippen molar-refractivity contribution in [3.05, 3.63) is 385 Å². The van der Waals surface area contributed by atoms with Crippen molar-refractivity contribution in [2.24, 2.45) is 5.92 Å². The van der Waals surface area contributed by atoms with Crippen molar-refractivity contribution in [3.8, 4) is 66.8 Å². The average molecular weight is 1540 g/mol. The van der Waals surface area contributed by atoms with Gasteiger partial charge in [0.25, 0.3) is 0 Å². The molecule has 0 N–H and O–H groups in total. The van der Waals surface area contributed by atoms with E-state index in [1.807, 2.05) is 151 Å². The van der Waals surface area contributed by atoms with E-state index in [0.717, 1.165) is 6.42 Å². The predicted octanol–water partition coefficient (Wildman–Crippen LogP) is 37.1. The number of fused-ring (bicyclic) bond motifs is 14. The van der Waals surface area contributed by atoms with Crippen LogP contribution in [0.15, 0.2) is 374 Å². The molecule has 0 aromatic heterocycles. The minimum absolute atomic E-state index is 0.479. The summed E-state index contributed by atoms with van der Waals surface area (Å²) >= 11 is 0. The second-order valence-corrected chi connectivity index (χ2v) is 26.7. The topological polar surface area (TPSA) is 0 Å². The Kier molecular flexibility index (Phi) is 32.0. The van der Waals surface area contributed by atoms with E-state index in [9.17, 15) is 0 Å². The van der Waals surface area contributed by atoms with E-state index in [0.29, 0.717) is 5.92 Å². The van der Waals surface area contributed by atoms with Crippen molar-refractivity contribution in [1.29, 1.82) is 0 Å². The molecule has 17 aromatic rings. The van der Waals surface area contributed by atoms with Gasteiger partial charge >= 0.3 is 0 Å². The van der Waals surface area contributed by atoms with E-state index >= 15 is 0 Å². The Bertz CT molecular complexity index is 5730. The van der Waals surface area contributed by atoms with E-state index in [-0.39, 0.29) is 0 Å². The van der Waals surface area contributed by atoms with Crippen LogP contribution in [0, 0.1) is 5.92 Å². The molecule has 0 radical (unpaired) electrons. The molecule has 0 saturated carbocycles. The first-order chi connectivity index (χ1) is 58.6. The zero-order valence-electron chi connectivity index (χ0n) is 73.8. The summed E-state index contributed by atoms with van der Waals surface area (Å²) in [6, 6.07) is 93.3. The van der Waals surface area contributed by atoms with Crippen LogP contribution in [0.5, 0.6) is 0 Å². The quantitative estimate of drug-likeness (QED) is 0.105. The Morgan fingerprint density at radius 1 is 0.195 bits per heavy atom. The van der Waals surface area contributed by atoms with Gasteiger partial charge in [-0.15, -0.1) is 0 Å². The lowest BCUT2D eigenvalue weighted by atomic mass is 9.77. The average Bonchev–Trinajstić information content (AvgIpc) is 0.679. The fourth-order valence-electron chi connectivity index (χ4n) is 17.2. The molecule has 594 valence electrons. The van der Waals surface area contributed by atoms with Crippen LogP contribution in [0.1, 0.15) is 156 Å². The van der Waals surface area contributed by atoms with Crippen LogP contribution >= 0.6 is 0 Å². The highest BCUT2D eigenvalue weighted by molar-refractivity contribution is 6.53. The smallest absolute Gasteiger partial charge is 0.0305 e. The third-order valence-electron chi connectivity index (χ3n) is 21.5. The summed E-state index contributed by atoms with van der Waals surface area (Å²) in [5, 5.41) is 25.4. The Hall–Kier alpha value is -12.5. The molecule has 17 aromatic carbocycles. The van der Waals surface area contributed by atoms with Crippen molar-refractivity contribution < 1.29 is 0 Å². The molecule has 0 saturated heterocycles. The number of benzene rings is 17. The maximum absolute atomic E-state index is 2.42. The molecular weight excluding hydrogens is 1420 g/mol. The van der Waals surface area contributed by atoms with E-state index in [2.05, 4.69) is 346 Å². The van der Waals surface area contributed by atoms with Crippen molar-refractivity contribution >= 4 is 109 Å². The number of hydrogen-bond donors (Lipinski definition) is 0. The standard InChI is InChI=1S/C32H14.C24H16.C18H14.C12H8.C12H10.10C2H6/c1-2-16-6-10-20-14-22-12-8-18-4-3-17-7-11-21-13-19-9-5-15(1)23-24(16)28(20)32-30(22)26(18)25(17)29(21)31(32)27(19)23;1-2-10-18-17(9-1)19-11-3-4-13-21(19)23-15-7-8-16-24(23)22-14-6-5-12-20(18)22;1-2-6-15-12-17-10-4-8-13-7-3-9-16(18(13)17)11-14(15)5-1;1-2-6-10-9(5-1)11-7-3-4-8-12(10)11;1-3-7-11-9-5-2-6-10-12(11)8-4-1;10*1-2/h1-14H;1-16H;1-9,11-12,18H,10H2;1-8H;1-10H;10*1-2H3. The highest BCUT2D eigenvalue weighted by atomic mass is 14.3. The molecule has 7 aliphatic rings. The molecule has 0 bridgehead atoms. The van der Waals surface area contributed by atoms with Gasteiger partial charge in [-0.3, -0.25) is 0 Å². The van der Waals surface area contributed by atoms with Gasteiger partial charge in [-0.05, 0) is 216 Å². The first-order valence-electron chi connectivity index (χ1n) is 44.4. The SMILES string of the molecule is C1=CC2=Cc3ccccc3C=C3CC=CC(=C1)C23.C1=CC=C2C=CC=CC=C2C=C1.CC.CC.CC.CC.CC.CC.CC.CC.CC.CC.c1cc2ccc3cc4ccc5ccc6ccc7cc8ccc1c1c2c3c2c4c5c6c7c2c81.c1ccc2c(c1)-c1ccccc1-2.c1ccc2c(c1)-c1ccccc1-c1ccccc1-c1ccccc1-2. The van der Waals surface area contributed by atoms with Crippen molar-refractivity contribution in [1.82, 2.24) is 0 Å². The van der Waals surface area contributed by atoms with Crippen LogP contribution in [0.4, 0.5) is 0 Å². The molecule has 0 aliphatic heterocycles. The fourth-order valence-corrected chi connectivity index (χ4v) is 17.2. The molecule has 0 heteroatoms. The largest absolute Gasteiger partial charge is 0.0801 e. The summed E-state index contributed by atoms with van der Waals surface area (Å²) in [6.07, 6.45) is 37.8. The highest BCUT2D eigenvalue weighted by Crippen LogP contribution is 2.56. The summed E-state index contributed by atoms with van der Waals surface area (Å²) in [5.41, 5.74) is 25.6. The second kappa shape index (κ2) is 42.9. The van der Waals surface area contributed by atoms with Crippen LogP contribution in [0.2, 0.25) is 0 Å². The lowest BCUT2D eigenvalue weighted by Gasteiger charge is -2.27. The third kappa shape index (κ3) is 16.8. The van der Waals surface area contributed by atoms with E-state index in [1.54, 1.807) is 0 Å². The van der Waals surface area contributed by atoms with Crippen LogP contribution in [-0.4, -0.2) is 0 Å². The normalized spacial score (nSPS) is 13.2. The van der Waals surface area contributed by atoms with Crippen molar-refractivity contribution in [2.75, 3.05) is 0 Å². The van der Waals surface area contributed by atoms with Gasteiger partial charge in [0.05, 0.1) is 0 Å². The molecule has 24 rings (SSSR count). The maximum atomic E-state index is 2.42. The lowest BCUT2D eigenvalue weighted by Crippen LogP contribution is -2.13. The molecule has 0 nitrogen and oxygen atoms in total. The monoisotopic (exact) mass is 1540 g/mol. The van der Waals surface area contributed by atoms with E-state index in [4.69, 9.17) is 0 Å². The van der Waals surface area contributed by atoms with Gasteiger partial charge < -0.3 is 0 Å². The number of rotatable bonds is 0. The summed E-state index contributed by atoms with van der Waals surface area (Å²) in [4.78, 5) is 0. The van der Waals surface area contributed by atoms with Gasteiger partial charge in [0.1, 0.15) is 0 Å². The zero-order chi connectivity index (χ0) is 84.4. The molecule has 1 atom stereocenters. The molecule has 0 heterocycles. The molecular formula is C118H122. The van der Waals surface area contributed by atoms with Gasteiger partial charge in [-0.2, -0.15) is 0 Å². The second-order valence-electron chi connectivity index (χ2n) is 26.7. The fraction of sp³-hybridized carbons (Fsp3) is 0.186. The van der Waals surface area contributed by atoms with Crippen LogP contribution in [-0.2, 0) is 0 Å². The van der Waals surface area contributed by atoms with Gasteiger partial charge in [0, 0.05) is 5.92 Å². The Labute approximate surface area is 706 Å². The molecule has 1 unspecified atom stereocenters. The Balaban J connectivity index is 0.000000153. The van der Waals surface area contributed by atoms with Crippen molar-refractivity contribution in [2.45, 2.75) is 145 Å². The summed E-state index contributed by atoms with van der Waals surface area (Å²) in [5.74, 6) is 0.479. The minimum Gasteiger partial charge on any atom is -0.0801 e. The van der Waals surface area contributed by atoms with Gasteiger partial charge in [-0.1, -0.05) is 490 Å². The predicted molar refractivity (Wildman–Crippen MR) is 536 cm³/mol. The Morgan fingerprint density at radius 2 is 0.441 bits per heavy atom. The highest BCUT2D eigenvalue weighted by Gasteiger charge is 2.29. The molecule has 0 amide bonds. The summed E-state index contributed by atoms with van der Waals surface area (Å²) in [7, 11) is 0. The summed E-state index contributed by atoms with van der Waals surface area (Å²) in [6.45, 7) is 40.0. The molecule has 7 aliphatic carbocycles. The van der Waals surface area contributed by atoms with E-state index in [1.165, 1.54) is 203 Å². The van der Waals surface area contributed by atoms with E-state index < -0.39 is 0 Å². The first kappa shape index (κ1) is 87.9. The van der Waals surface area contributed by atoms with Crippen LogP contribution < -0.4 is 0 Å². The number of hydrogen-bond acceptors (Lipinski definition) is 0. The Morgan fingerprint density at radius 3 is 0.720 bits per heavy atom. The molecule has 118 heavy (non-hydrogen) atoms. The summed E-state index contributed by atoms with van der Waals surface area (Å²) < 4.78 is 0. The van der Waals surface area contributed by atoms with Crippen molar-refractivity contribution in [3.63, 3.8) is 0 Å². The molecule has 0 spiro atoms. The van der Waals surface area contributed by atoms with Crippen LogP contribution in [0.3, 0.4) is 0 Å². The molecule has 0 fully saturated rings. The number of allylic oxidation sites excluding steroid dienone is 20. The maximum Gasteiger partial charge on any atom is 0.0305 e. The van der Waals surface area contributed by atoms with Gasteiger partial charge in [-0.25, -0.2) is 0 Å². The first-order valence-corrected chi connectivity index (χ1v) is 44.4. The third-order valence-corrected chi connectivity index (χ3v) is 21.5. The van der Waals surface area contributed by atoms with Gasteiger partial charge in [0.2, 0.25) is 0 Å². The minimum atomic E-state index is 0.479. The van der Waals surface area contributed by atoms with Crippen LogP contribution in [0.25, 0.3) is 176 Å².